The van der Waals surface area contributed by atoms with E-state index in [2.05, 4.69) is 10.2 Å². The lowest BCUT2D eigenvalue weighted by atomic mass is 10.0. The predicted octanol–water partition coefficient (Wildman–Crippen LogP) is 1.50. The number of likely N-dealkylation sites (N-methyl/N-ethyl adjacent to an activating group) is 1. The second kappa shape index (κ2) is 6.81. The third kappa shape index (κ3) is 4.02. The first kappa shape index (κ1) is 14.9. The highest BCUT2D eigenvalue weighted by Crippen LogP contribution is 2.14. The number of halogens is 1. The fourth-order valence-corrected chi connectivity index (χ4v) is 2.66. The summed E-state index contributed by atoms with van der Waals surface area (Å²) in [4.78, 5) is 13.2. The second-order valence-corrected chi connectivity index (χ2v) is 5.51. The second-order valence-electron chi connectivity index (χ2n) is 5.51. The van der Waals surface area contributed by atoms with Crippen molar-refractivity contribution in [3.8, 4) is 0 Å². The van der Waals surface area contributed by atoms with E-state index in [4.69, 9.17) is 5.73 Å². The minimum atomic E-state index is -0.525. The van der Waals surface area contributed by atoms with Gasteiger partial charge in [0.25, 0.3) is 0 Å². The van der Waals surface area contributed by atoms with Crippen molar-refractivity contribution in [1.29, 1.82) is 0 Å². The number of benzene rings is 1. The largest absolute Gasteiger partial charge is 0.366 e. The summed E-state index contributed by atoms with van der Waals surface area (Å²) < 4.78 is 13.8. The number of hydrogen-bond acceptors (Lipinski definition) is 3. The van der Waals surface area contributed by atoms with Crippen molar-refractivity contribution < 1.29 is 9.18 Å². The molecule has 1 aromatic rings. The van der Waals surface area contributed by atoms with E-state index in [0.29, 0.717) is 23.7 Å². The molecule has 0 aliphatic carbocycles. The third-order valence-corrected chi connectivity index (χ3v) is 3.71. The molecule has 1 saturated heterocycles. The molecule has 1 heterocycles. The summed E-state index contributed by atoms with van der Waals surface area (Å²) in [6.07, 6.45) is 3.64. The van der Waals surface area contributed by atoms with E-state index in [1.807, 2.05) is 7.05 Å². The summed E-state index contributed by atoms with van der Waals surface area (Å²) in [5, 5.41) is 3.47. The SMILES string of the molecule is CN(Cc1cc(C(N)=O)ccc1F)CC1CCCCN1. The molecule has 0 spiro atoms. The Morgan fingerprint density at radius 3 is 2.95 bits per heavy atom. The van der Waals surface area contributed by atoms with Crippen LogP contribution in [0.1, 0.15) is 35.2 Å². The van der Waals surface area contributed by atoms with Crippen LogP contribution in [-0.2, 0) is 6.54 Å². The molecule has 1 fully saturated rings. The fourth-order valence-electron chi connectivity index (χ4n) is 2.66. The standard InChI is InChI=1S/C15H22FN3O/c1-19(10-13-4-2-3-7-18-13)9-12-8-11(15(17)20)5-6-14(12)16/h5-6,8,13,18H,2-4,7,9-10H2,1H3,(H2,17,20). The van der Waals surface area contributed by atoms with Crippen LogP contribution in [0.2, 0.25) is 0 Å². The van der Waals surface area contributed by atoms with Crippen molar-refractivity contribution in [2.24, 2.45) is 5.73 Å². The molecule has 110 valence electrons. The van der Waals surface area contributed by atoms with E-state index in [1.54, 1.807) is 6.07 Å². The van der Waals surface area contributed by atoms with Gasteiger partial charge in [0.2, 0.25) is 5.91 Å². The van der Waals surface area contributed by atoms with Crippen LogP contribution in [0.5, 0.6) is 0 Å². The summed E-state index contributed by atoms with van der Waals surface area (Å²) in [6, 6.07) is 4.74. The number of carbonyl (C=O) groups excluding carboxylic acids is 1. The first-order valence-corrected chi connectivity index (χ1v) is 7.06. The van der Waals surface area contributed by atoms with Gasteiger partial charge in [-0.2, -0.15) is 0 Å². The lowest BCUT2D eigenvalue weighted by molar-refractivity contribution is 0.1000. The predicted molar refractivity (Wildman–Crippen MR) is 76.9 cm³/mol. The van der Waals surface area contributed by atoms with Gasteiger partial charge in [0.1, 0.15) is 5.82 Å². The number of carbonyl (C=O) groups is 1. The quantitative estimate of drug-likeness (QED) is 0.858. The van der Waals surface area contributed by atoms with E-state index in [0.717, 1.165) is 19.5 Å². The number of piperidine rings is 1. The Morgan fingerprint density at radius 1 is 1.50 bits per heavy atom. The van der Waals surface area contributed by atoms with Gasteiger partial charge in [0.15, 0.2) is 0 Å². The van der Waals surface area contributed by atoms with Crippen LogP contribution in [0.15, 0.2) is 18.2 Å². The molecule has 4 nitrogen and oxygen atoms in total. The van der Waals surface area contributed by atoms with Crippen molar-refractivity contribution in [2.75, 3.05) is 20.1 Å². The van der Waals surface area contributed by atoms with Crippen LogP contribution in [0.3, 0.4) is 0 Å². The lowest BCUT2D eigenvalue weighted by Crippen LogP contribution is -2.42. The zero-order chi connectivity index (χ0) is 14.5. The van der Waals surface area contributed by atoms with Crippen LogP contribution >= 0.6 is 0 Å². The number of nitrogens with one attached hydrogen (secondary N) is 1. The highest BCUT2D eigenvalue weighted by atomic mass is 19.1. The molecule has 0 bridgehead atoms. The van der Waals surface area contributed by atoms with Gasteiger partial charge in [-0.3, -0.25) is 4.79 Å². The minimum absolute atomic E-state index is 0.293. The molecule has 0 saturated carbocycles. The molecule has 5 heteroatoms. The first-order valence-electron chi connectivity index (χ1n) is 7.06. The summed E-state index contributed by atoms with van der Waals surface area (Å²) in [7, 11) is 1.96. The van der Waals surface area contributed by atoms with Crippen molar-refractivity contribution in [3.05, 3.63) is 35.1 Å². The number of nitrogens with two attached hydrogens (primary N) is 1. The Kier molecular flexibility index (Phi) is 5.09. The molecule has 20 heavy (non-hydrogen) atoms. The van der Waals surface area contributed by atoms with Crippen LogP contribution < -0.4 is 11.1 Å². The van der Waals surface area contributed by atoms with E-state index in [-0.39, 0.29) is 5.82 Å². The normalized spacial score (nSPS) is 19.2. The summed E-state index contributed by atoms with van der Waals surface area (Å²) in [5.74, 6) is -0.818. The molecule has 1 aliphatic heterocycles. The Morgan fingerprint density at radius 2 is 2.30 bits per heavy atom. The molecule has 1 aliphatic rings. The molecule has 0 radical (unpaired) electrons. The molecule has 1 aromatic carbocycles. The summed E-state index contributed by atoms with van der Waals surface area (Å²) in [5.41, 5.74) is 6.09. The minimum Gasteiger partial charge on any atom is -0.366 e. The van der Waals surface area contributed by atoms with Gasteiger partial charge in [-0.1, -0.05) is 6.42 Å². The van der Waals surface area contributed by atoms with E-state index in [1.165, 1.54) is 25.0 Å². The maximum atomic E-state index is 13.8. The Labute approximate surface area is 119 Å². The molecular formula is C15H22FN3O. The molecular weight excluding hydrogens is 257 g/mol. The zero-order valence-corrected chi connectivity index (χ0v) is 11.9. The van der Waals surface area contributed by atoms with Gasteiger partial charge in [0.05, 0.1) is 0 Å². The van der Waals surface area contributed by atoms with Gasteiger partial charge in [0, 0.05) is 30.3 Å². The maximum absolute atomic E-state index is 13.8. The number of primary amides is 1. The highest BCUT2D eigenvalue weighted by Gasteiger charge is 2.16. The number of nitrogens with zero attached hydrogens (tertiary/aromatic N) is 1. The van der Waals surface area contributed by atoms with Crippen molar-refractivity contribution in [1.82, 2.24) is 10.2 Å². The number of rotatable bonds is 5. The van der Waals surface area contributed by atoms with Gasteiger partial charge in [-0.25, -0.2) is 4.39 Å². The molecule has 0 aromatic heterocycles. The molecule has 1 atom stereocenters. The van der Waals surface area contributed by atoms with Crippen LogP contribution in [0.4, 0.5) is 4.39 Å². The molecule has 1 amide bonds. The van der Waals surface area contributed by atoms with Crippen molar-refractivity contribution in [2.45, 2.75) is 31.8 Å². The smallest absolute Gasteiger partial charge is 0.248 e. The Hall–Kier alpha value is -1.46. The highest BCUT2D eigenvalue weighted by molar-refractivity contribution is 5.92. The summed E-state index contributed by atoms with van der Waals surface area (Å²) in [6.45, 7) is 2.41. The van der Waals surface area contributed by atoms with E-state index < -0.39 is 5.91 Å². The number of amides is 1. The van der Waals surface area contributed by atoms with Crippen molar-refractivity contribution >= 4 is 5.91 Å². The van der Waals surface area contributed by atoms with Gasteiger partial charge in [-0.15, -0.1) is 0 Å². The average Bonchev–Trinajstić information content (AvgIpc) is 2.42. The topological polar surface area (TPSA) is 58.4 Å². The third-order valence-electron chi connectivity index (χ3n) is 3.71. The van der Waals surface area contributed by atoms with E-state index in [9.17, 15) is 9.18 Å². The van der Waals surface area contributed by atoms with Gasteiger partial charge >= 0.3 is 0 Å². The van der Waals surface area contributed by atoms with Crippen LogP contribution in [0.25, 0.3) is 0 Å². The monoisotopic (exact) mass is 279 g/mol. The van der Waals surface area contributed by atoms with Crippen LogP contribution in [0, 0.1) is 5.82 Å². The molecule has 1 unspecified atom stereocenters. The molecule has 3 N–H and O–H groups in total. The number of hydrogen-bond donors (Lipinski definition) is 2. The van der Waals surface area contributed by atoms with Crippen molar-refractivity contribution in [3.63, 3.8) is 0 Å². The zero-order valence-electron chi connectivity index (χ0n) is 11.9. The fraction of sp³-hybridized carbons (Fsp3) is 0.533. The average molecular weight is 279 g/mol. The Balaban J connectivity index is 1.97. The summed E-state index contributed by atoms with van der Waals surface area (Å²) >= 11 is 0. The maximum Gasteiger partial charge on any atom is 0.248 e. The lowest BCUT2D eigenvalue weighted by Gasteiger charge is -2.28. The van der Waals surface area contributed by atoms with E-state index >= 15 is 0 Å². The first-order chi connectivity index (χ1) is 9.56. The molecule has 2 rings (SSSR count). The Bertz CT molecular complexity index is 472. The van der Waals surface area contributed by atoms with Gasteiger partial charge in [-0.05, 0) is 44.6 Å². The van der Waals surface area contributed by atoms with Crippen LogP contribution in [-0.4, -0.2) is 37.0 Å². The van der Waals surface area contributed by atoms with Gasteiger partial charge < -0.3 is 16.0 Å².